The number of hydrogen-bond acceptors (Lipinski definition) is 3. The number of ketones is 1. The predicted octanol–water partition coefficient (Wildman–Crippen LogP) is 3.93. The molecular formula is C13H18OS2. The number of rotatable bonds is 5. The Hall–Kier alpha value is -0.280. The fourth-order valence-corrected chi connectivity index (χ4v) is 4.02. The average Bonchev–Trinajstić information content (AvgIpc) is 2.81. The number of thiophene rings is 1. The molecule has 0 saturated heterocycles. The second-order valence-corrected chi connectivity index (χ2v) is 6.69. The van der Waals surface area contributed by atoms with Crippen LogP contribution >= 0.6 is 23.1 Å². The Morgan fingerprint density at radius 1 is 1.38 bits per heavy atom. The maximum absolute atomic E-state index is 11.7. The van der Waals surface area contributed by atoms with Crippen molar-refractivity contribution in [3.8, 4) is 0 Å². The Morgan fingerprint density at radius 2 is 2.19 bits per heavy atom. The molecule has 1 fully saturated rings. The Labute approximate surface area is 106 Å². The normalized spacial score (nSPS) is 17.5. The van der Waals surface area contributed by atoms with Crippen LogP contribution in [-0.2, 0) is 11.2 Å². The average molecular weight is 254 g/mol. The highest BCUT2D eigenvalue weighted by molar-refractivity contribution is 8.00. The molecule has 1 heterocycles. The molecular weight excluding hydrogens is 236 g/mol. The van der Waals surface area contributed by atoms with Crippen molar-refractivity contribution < 1.29 is 4.79 Å². The van der Waals surface area contributed by atoms with Gasteiger partial charge in [-0.05, 0) is 24.3 Å². The van der Waals surface area contributed by atoms with Crippen LogP contribution in [0.1, 0.15) is 37.0 Å². The number of hydrogen-bond donors (Lipinski definition) is 0. The molecule has 0 bridgehead atoms. The first-order valence-corrected chi connectivity index (χ1v) is 7.93. The van der Waals surface area contributed by atoms with E-state index in [2.05, 4.69) is 0 Å². The molecule has 1 aromatic heterocycles. The quantitative estimate of drug-likeness (QED) is 0.792. The van der Waals surface area contributed by atoms with Crippen LogP contribution in [0, 0.1) is 0 Å². The Kier molecular flexibility index (Phi) is 4.91. The summed E-state index contributed by atoms with van der Waals surface area (Å²) in [5, 5.41) is 2.79. The fraction of sp³-hybridized carbons (Fsp3) is 0.615. The predicted molar refractivity (Wildman–Crippen MR) is 72.4 cm³/mol. The van der Waals surface area contributed by atoms with E-state index in [1.807, 2.05) is 29.3 Å². The van der Waals surface area contributed by atoms with E-state index in [1.165, 1.54) is 37.0 Å². The van der Waals surface area contributed by atoms with Crippen LogP contribution in [-0.4, -0.2) is 16.8 Å². The molecule has 0 atom stereocenters. The van der Waals surface area contributed by atoms with Crippen molar-refractivity contribution in [3.63, 3.8) is 0 Å². The number of thioether (sulfide) groups is 1. The molecule has 0 aromatic carbocycles. The van der Waals surface area contributed by atoms with Crippen molar-refractivity contribution in [3.05, 3.63) is 22.4 Å². The SMILES string of the molecule is O=C(CSC1CCCCC1)Cc1cccs1. The van der Waals surface area contributed by atoms with Crippen LogP contribution in [0.3, 0.4) is 0 Å². The van der Waals surface area contributed by atoms with Gasteiger partial charge in [-0.15, -0.1) is 11.3 Å². The first-order valence-electron chi connectivity index (χ1n) is 6.00. The van der Waals surface area contributed by atoms with Gasteiger partial charge in [-0.25, -0.2) is 0 Å². The molecule has 1 aliphatic rings. The monoisotopic (exact) mass is 254 g/mol. The van der Waals surface area contributed by atoms with E-state index in [1.54, 1.807) is 11.3 Å². The smallest absolute Gasteiger partial charge is 0.147 e. The van der Waals surface area contributed by atoms with Gasteiger partial charge in [0.15, 0.2) is 0 Å². The van der Waals surface area contributed by atoms with E-state index < -0.39 is 0 Å². The lowest BCUT2D eigenvalue weighted by atomic mass is 10.0. The lowest BCUT2D eigenvalue weighted by molar-refractivity contribution is -0.115. The van der Waals surface area contributed by atoms with Crippen LogP contribution in [0.25, 0.3) is 0 Å². The summed E-state index contributed by atoms with van der Waals surface area (Å²) in [6, 6.07) is 4.06. The highest BCUT2D eigenvalue weighted by Crippen LogP contribution is 2.28. The maximum Gasteiger partial charge on any atom is 0.147 e. The van der Waals surface area contributed by atoms with E-state index in [9.17, 15) is 4.79 Å². The molecule has 1 aromatic rings. The Morgan fingerprint density at radius 3 is 2.88 bits per heavy atom. The molecule has 2 rings (SSSR count). The highest BCUT2D eigenvalue weighted by atomic mass is 32.2. The highest BCUT2D eigenvalue weighted by Gasteiger charge is 2.15. The molecule has 1 nitrogen and oxygen atoms in total. The van der Waals surface area contributed by atoms with E-state index in [0.29, 0.717) is 18.0 Å². The van der Waals surface area contributed by atoms with Crippen molar-refractivity contribution in [2.75, 3.05) is 5.75 Å². The summed E-state index contributed by atoms with van der Waals surface area (Å²) in [5.74, 6) is 1.10. The van der Waals surface area contributed by atoms with Crippen LogP contribution in [0.5, 0.6) is 0 Å². The molecule has 0 N–H and O–H groups in total. The zero-order valence-electron chi connectivity index (χ0n) is 9.48. The third-order valence-electron chi connectivity index (χ3n) is 2.98. The minimum atomic E-state index is 0.387. The molecule has 88 valence electrons. The van der Waals surface area contributed by atoms with Crippen LogP contribution in [0.2, 0.25) is 0 Å². The van der Waals surface area contributed by atoms with Crippen molar-refractivity contribution in [1.29, 1.82) is 0 Å². The molecule has 0 radical (unpaired) electrons. The molecule has 0 aliphatic heterocycles. The zero-order valence-corrected chi connectivity index (χ0v) is 11.1. The van der Waals surface area contributed by atoms with Gasteiger partial charge < -0.3 is 0 Å². The maximum atomic E-state index is 11.7. The van der Waals surface area contributed by atoms with Crippen LogP contribution in [0.15, 0.2) is 17.5 Å². The summed E-state index contributed by atoms with van der Waals surface area (Å²) >= 11 is 3.57. The van der Waals surface area contributed by atoms with Crippen LogP contribution in [0.4, 0.5) is 0 Å². The van der Waals surface area contributed by atoms with Gasteiger partial charge in [-0.1, -0.05) is 25.3 Å². The number of carbonyl (C=O) groups is 1. The van der Waals surface area contributed by atoms with Gasteiger partial charge in [-0.2, -0.15) is 11.8 Å². The fourth-order valence-electron chi connectivity index (χ4n) is 2.10. The van der Waals surface area contributed by atoms with Gasteiger partial charge in [0.2, 0.25) is 0 Å². The molecule has 16 heavy (non-hydrogen) atoms. The molecule has 0 unspecified atom stereocenters. The van der Waals surface area contributed by atoms with Crippen molar-refractivity contribution in [2.45, 2.75) is 43.8 Å². The van der Waals surface area contributed by atoms with E-state index in [4.69, 9.17) is 0 Å². The largest absolute Gasteiger partial charge is 0.298 e. The first-order chi connectivity index (χ1) is 7.84. The third kappa shape index (κ3) is 3.95. The Bertz CT molecular complexity index is 313. The van der Waals surface area contributed by atoms with Gasteiger partial charge in [-0.3, -0.25) is 4.79 Å². The minimum Gasteiger partial charge on any atom is -0.298 e. The standard InChI is InChI=1S/C13H18OS2/c14-11(9-13-7-4-8-15-13)10-16-12-5-2-1-3-6-12/h4,7-8,12H,1-3,5-6,9-10H2. The molecule has 1 saturated carbocycles. The summed E-state index contributed by atoms with van der Waals surface area (Å²) < 4.78 is 0. The summed E-state index contributed by atoms with van der Waals surface area (Å²) in [6.45, 7) is 0. The van der Waals surface area contributed by atoms with Crippen molar-refractivity contribution >= 4 is 28.9 Å². The summed E-state index contributed by atoms with van der Waals surface area (Å²) in [6.07, 6.45) is 7.37. The van der Waals surface area contributed by atoms with Gasteiger partial charge >= 0.3 is 0 Å². The second-order valence-electron chi connectivity index (χ2n) is 4.37. The second kappa shape index (κ2) is 6.45. The van der Waals surface area contributed by atoms with E-state index in [-0.39, 0.29) is 0 Å². The van der Waals surface area contributed by atoms with Gasteiger partial charge in [0, 0.05) is 16.5 Å². The molecule has 3 heteroatoms. The Balaban J connectivity index is 1.67. The number of carbonyl (C=O) groups excluding carboxylic acids is 1. The topological polar surface area (TPSA) is 17.1 Å². The van der Waals surface area contributed by atoms with Gasteiger partial charge in [0.25, 0.3) is 0 Å². The van der Waals surface area contributed by atoms with Crippen LogP contribution < -0.4 is 0 Å². The van der Waals surface area contributed by atoms with Gasteiger partial charge in [0.05, 0.1) is 5.75 Å². The molecule has 1 aliphatic carbocycles. The number of Topliss-reactive ketones (excluding diaryl/α,β-unsaturated/α-hetero) is 1. The van der Waals surface area contributed by atoms with Crippen molar-refractivity contribution in [1.82, 2.24) is 0 Å². The molecule has 0 amide bonds. The van der Waals surface area contributed by atoms with E-state index >= 15 is 0 Å². The lowest BCUT2D eigenvalue weighted by Gasteiger charge is -2.20. The minimum absolute atomic E-state index is 0.387. The summed E-state index contributed by atoms with van der Waals surface area (Å²) in [4.78, 5) is 12.9. The lowest BCUT2D eigenvalue weighted by Crippen LogP contribution is -2.13. The van der Waals surface area contributed by atoms with Gasteiger partial charge in [0.1, 0.15) is 5.78 Å². The third-order valence-corrected chi connectivity index (χ3v) is 5.29. The zero-order chi connectivity index (χ0) is 11.2. The van der Waals surface area contributed by atoms with E-state index in [0.717, 1.165) is 5.25 Å². The molecule has 0 spiro atoms. The summed E-state index contributed by atoms with van der Waals surface area (Å²) in [7, 11) is 0. The first kappa shape index (κ1) is 12.2. The summed E-state index contributed by atoms with van der Waals surface area (Å²) in [5.41, 5.74) is 0. The van der Waals surface area contributed by atoms with Crippen molar-refractivity contribution in [2.24, 2.45) is 0 Å².